The van der Waals surface area contributed by atoms with Crippen LogP contribution in [0.5, 0.6) is 0 Å². The summed E-state index contributed by atoms with van der Waals surface area (Å²) in [6.07, 6.45) is 0. The van der Waals surface area contributed by atoms with Gasteiger partial charge in [0.05, 0.1) is 0 Å². The fraction of sp³-hybridized carbons (Fsp3) is 0.300. The monoisotopic (exact) mass is 339 g/mol. The first-order valence-corrected chi connectivity index (χ1v) is 8.41. The van der Waals surface area contributed by atoms with Crippen LogP contribution in [-0.4, -0.2) is 19.0 Å². The van der Waals surface area contributed by atoms with Gasteiger partial charge in [0.25, 0.3) is 0 Å². The van der Waals surface area contributed by atoms with Crippen LogP contribution in [0.1, 0.15) is 37.1 Å². The Morgan fingerprint density at radius 1 is 0.840 bits per heavy atom. The maximum atomic E-state index is 12.7. The maximum absolute atomic E-state index is 12.7. The second kappa shape index (κ2) is 8.99. The molecular weight excluding hydrogens is 314 g/mol. The molecular formula is C20H25N3O2. The molecule has 2 rings (SSSR count). The van der Waals surface area contributed by atoms with E-state index in [2.05, 4.69) is 29.8 Å². The third-order valence-corrected chi connectivity index (χ3v) is 4.03. The molecule has 0 aliphatic rings. The van der Waals surface area contributed by atoms with E-state index < -0.39 is 12.1 Å². The predicted molar refractivity (Wildman–Crippen MR) is 98.9 cm³/mol. The van der Waals surface area contributed by atoms with Gasteiger partial charge in [0, 0.05) is 13.1 Å². The first-order valence-electron chi connectivity index (χ1n) is 8.41. The number of urea groups is 1. The molecule has 0 bridgehead atoms. The van der Waals surface area contributed by atoms with Gasteiger partial charge in [-0.1, -0.05) is 74.5 Å². The Labute approximate surface area is 148 Å². The molecule has 132 valence electrons. The highest BCUT2D eigenvalue weighted by atomic mass is 16.2. The van der Waals surface area contributed by atoms with Gasteiger partial charge in [0.15, 0.2) is 0 Å². The van der Waals surface area contributed by atoms with Crippen LogP contribution in [-0.2, 0) is 4.79 Å². The lowest BCUT2D eigenvalue weighted by Crippen LogP contribution is -2.45. The van der Waals surface area contributed by atoms with Gasteiger partial charge in [-0.15, -0.1) is 0 Å². The van der Waals surface area contributed by atoms with Crippen molar-refractivity contribution in [3.05, 3.63) is 71.8 Å². The topological polar surface area (TPSA) is 70.2 Å². The minimum Gasteiger partial charge on any atom is -0.341 e. The van der Waals surface area contributed by atoms with Gasteiger partial charge < -0.3 is 5.32 Å². The van der Waals surface area contributed by atoms with Gasteiger partial charge >= 0.3 is 6.03 Å². The SMILES string of the molecule is CNC(=O)NC(=O)[C@@H](N[C@H](c1ccccc1)C(C)C)c1ccccc1. The molecule has 3 N–H and O–H groups in total. The third kappa shape index (κ3) is 5.16. The van der Waals surface area contributed by atoms with Crippen LogP contribution in [0.15, 0.2) is 60.7 Å². The summed E-state index contributed by atoms with van der Waals surface area (Å²) in [5.74, 6) is -0.117. The second-order valence-corrected chi connectivity index (χ2v) is 6.21. The van der Waals surface area contributed by atoms with Crippen LogP contribution in [0.25, 0.3) is 0 Å². The zero-order valence-electron chi connectivity index (χ0n) is 14.8. The summed E-state index contributed by atoms with van der Waals surface area (Å²) in [5.41, 5.74) is 1.91. The zero-order valence-corrected chi connectivity index (χ0v) is 14.8. The Kier molecular flexibility index (Phi) is 6.71. The fourth-order valence-corrected chi connectivity index (χ4v) is 2.73. The lowest BCUT2D eigenvalue weighted by Gasteiger charge is -2.28. The number of rotatable bonds is 6. The van der Waals surface area contributed by atoms with Crippen molar-refractivity contribution in [3.63, 3.8) is 0 Å². The molecule has 0 spiro atoms. The van der Waals surface area contributed by atoms with Gasteiger partial charge in [0.2, 0.25) is 5.91 Å². The maximum Gasteiger partial charge on any atom is 0.321 e. The molecule has 0 fully saturated rings. The van der Waals surface area contributed by atoms with Crippen molar-refractivity contribution >= 4 is 11.9 Å². The number of imide groups is 1. The molecule has 5 heteroatoms. The normalized spacial score (nSPS) is 13.1. The van der Waals surface area contributed by atoms with Crippen LogP contribution >= 0.6 is 0 Å². The average Bonchev–Trinajstić information content (AvgIpc) is 2.63. The minimum absolute atomic E-state index is 0.0261. The predicted octanol–water partition coefficient (Wildman–Crippen LogP) is 3.17. The van der Waals surface area contributed by atoms with Gasteiger partial charge in [-0.25, -0.2) is 4.79 Å². The molecule has 2 atom stereocenters. The van der Waals surface area contributed by atoms with Crippen LogP contribution in [0, 0.1) is 5.92 Å². The van der Waals surface area contributed by atoms with Crippen LogP contribution in [0.4, 0.5) is 4.79 Å². The Balaban J connectivity index is 2.31. The van der Waals surface area contributed by atoms with E-state index in [9.17, 15) is 9.59 Å². The molecule has 5 nitrogen and oxygen atoms in total. The summed E-state index contributed by atoms with van der Waals surface area (Å²) in [5, 5.41) is 8.21. The van der Waals surface area contributed by atoms with E-state index in [1.165, 1.54) is 7.05 Å². The molecule has 25 heavy (non-hydrogen) atoms. The molecule has 0 aliphatic heterocycles. The van der Waals surface area contributed by atoms with Crippen molar-refractivity contribution in [3.8, 4) is 0 Å². The highest BCUT2D eigenvalue weighted by molar-refractivity contribution is 5.97. The summed E-state index contributed by atoms with van der Waals surface area (Å²) >= 11 is 0. The summed E-state index contributed by atoms with van der Waals surface area (Å²) in [6, 6.07) is 18.2. The summed E-state index contributed by atoms with van der Waals surface area (Å²) < 4.78 is 0. The number of nitrogens with one attached hydrogen (secondary N) is 3. The lowest BCUT2D eigenvalue weighted by molar-refractivity contribution is -0.122. The number of benzene rings is 2. The minimum atomic E-state index is -0.633. The smallest absolute Gasteiger partial charge is 0.321 e. The van der Waals surface area contributed by atoms with Crippen molar-refractivity contribution in [2.24, 2.45) is 5.92 Å². The molecule has 0 heterocycles. The van der Waals surface area contributed by atoms with E-state index in [1.54, 1.807) is 0 Å². The second-order valence-electron chi connectivity index (χ2n) is 6.21. The summed E-state index contributed by atoms with van der Waals surface area (Å²) in [6.45, 7) is 4.20. The Morgan fingerprint density at radius 3 is 1.84 bits per heavy atom. The van der Waals surface area contributed by atoms with Gasteiger partial charge in [-0.3, -0.25) is 15.4 Å². The molecule has 2 aromatic rings. The lowest BCUT2D eigenvalue weighted by atomic mass is 9.94. The van der Waals surface area contributed by atoms with E-state index >= 15 is 0 Å². The average molecular weight is 339 g/mol. The number of amides is 3. The van der Waals surface area contributed by atoms with Crippen LogP contribution in [0.2, 0.25) is 0 Å². The van der Waals surface area contributed by atoms with E-state index in [1.807, 2.05) is 60.7 Å². The quantitative estimate of drug-likeness (QED) is 0.757. The van der Waals surface area contributed by atoms with Gasteiger partial charge in [-0.2, -0.15) is 0 Å². The largest absolute Gasteiger partial charge is 0.341 e. The van der Waals surface area contributed by atoms with E-state index in [-0.39, 0.29) is 17.9 Å². The van der Waals surface area contributed by atoms with Crippen molar-refractivity contribution in [2.45, 2.75) is 25.9 Å². The molecule has 3 amide bonds. The molecule has 0 saturated heterocycles. The molecule has 0 saturated carbocycles. The molecule has 0 unspecified atom stereocenters. The summed E-state index contributed by atoms with van der Waals surface area (Å²) in [4.78, 5) is 24.2. The zero-order chi connectivity index (χ0) is 18.2. The number of carbonyl (C=O) groups excluding carboxylic acids is 2. The molecule has 2 aromatic carbocycles. The number of hydrogen-bond donors (Lipinski definition) is 3. The van der Waals surface area contributed by atoms with E-state index in [0.29, 0.717) is 0 Å². The summed E-state index contributed by atoms with van der Waals surface area (Å²) in [7, 11) is 1.48. The van der Waals surface area contributed by atoms with E-state index in [4.69, 9.17) is 0 Å². The highest BCUT2D eigenvalue weighted by Crippen LogP contribution is 2.26. The van der Waals surface area contributed by atoms with E-state index in [0.717, 1.165) is 11.1 Å². The van der Waals surface area contributed by atoms with Gasteiger partial charge in [-0.05, 0) is 17.0 Å². The van der Waals surface area contributed by atoms with Crippen molar-refractivity contribution in [1.29, 1.82) is 0 Å². The number of hydrogen-bond acceptors (Lipinski definition) is 3. The first kappa shape index (κ1) is 18.7. The van der Waals surface area contributed by atoms with Gasteiger partial charge in [0.1, 0.15) is 6.04 Å². The van der Waals surface area contributed by atoms with Crippen LogP contribution < -0.4 is 16.0 Å². The first-order chi connectivity index (χ1) is 12.0. The molecule has 0 aromatic heterocycles. The Morgan fingerprint density at radius 2 is 1.36 bits per heavy atom. The molecule has 0 radical (unpaired) electrons. The number of carbonyl (C=O) groups is 2. The Bertz CT molecular complexity index is 687. The van der Waals surface area contributed by atoms with Crippen molar-refractivity contribution < 1.29 is 9.59 Å². The molecule has 0 aliphatic carbocycles. The standard InChI is InChI=1S/C20H25N3O2/c1-14(2)17(15-10-6-4-7-11-15)22-18(16-12-8-5-9-13-16)19(24)23-20(25)21-3/h4-14,17-18,22H,1-3H3,(H2,21,23,24,25)/t17-,18-/m0/s1. The van der Waals surface area contributed by atoms with Crippen LogP contribution in [0.3, 0.4) is 0 Å². The third-order valence-electron chi connectivity index (χ3n) is 4.03. The fourth-order valence-electron chi connectivity index (χ4n) is 2.73. The Hall–Kier alpha value is -2.66. The van der Waals surface area contributed by atoms with Crippen molar-refractivity contribution in [2.75, 3.05) is 7.05 Å². The van der Waals surface area contributed by atoms with Crippen molar-refractivity contribution in [1.82, 2.24) is 16.0 Å². The highest BCUT2D eigenvalue weighted by Gasteiger charge is 2.27.